The van der Waals surface area contributed by atoms with Crippen molar-refractivity contribution in [1.29, 1.82) is 0 Å². The van der Waals surface area contributed by atoms with E-state index in [4.69, 9.17) is 5.11 Å². The van der Waals surface area contributed by atoms with Crippen molar-refractivity contribution in [2.24, 2.45) is 0 Å². The van der Waals surface area contributed by atoms with Crippen molar-refractivity contribution in [3.63, 3.8) is 0 Å². The molecule has 104 valence electrons. The Labute approximate surface area is 123 Å². The monoisotopic (exact) mass is 286 g/mol. The maximum atomic E-state index is 8.66. The molecule has 0 saturated carbocycles. The van der Waals surface area contributed by atoms with Gasteiger partial charge in [-0.2, -0.15) is 0 Å². The number of hydrogen-bond acceptors (Lipinski definition) is 4. The summed E-state index contributed by atoms with van der Waals surface area (Å²) in [6.45, 7) is 3.67. The van der Waals surface area contributed by atoms with Gasteiger partial charge in [0.15, 0.2) is 0 Å². The molecule has 0 unspecified atom stereocenters. The quantitative estimate of drug-likeness (QED) is 0.877. The molecule has 2 rings (SSSR count). The Kier molecular flexibility index (Phi) is 5.31. The average molecular weight is 286 g/mol. The summed E-state index contributed by atoms with van der Waals surface area (Å²) in [7, 11) is 2.09. The van der Waals surface area contributed by atoms with Crippen molar-refractivity contribution in [1.82, 2.24) is 9.88 Å². The fourth-order valence-electron chi connectivity index (χ4n) is 1.96. The van der Waals surface area contributed by atoms with E-state index in [2.05, 4.69) is 46.3 Å². The normalized spacial score (nSPS) is 10.4. The Hall–Kier alpha value is -1.67. The summed E-state index contributed by atoms with van der Waals surface area (Å²) in [4.78, 5) is 6.71. The second-order valence-corrected chi connectivity index (χ2v) is 5.75. The van der Waals surface area contributed by atoms with Gasteiger partial charge in [-0.15, -0.1) is 11.3 Å². The van der Waals surface area contributed by atoms with Crippen LogP contribution in [0.4, 0.5) is 0 Å². The van der Waals surface area contributed by atoms with Crippen LogP contribution in [0, 0.1) is 18.8 Å². The first kappa shape index (κ1) is 14.7. The van der Waals surface area contributed by atoms with Gasteiger partial charge in [0.2, 0.25) is 0 Å². The zero-order valence-electron chi connectivity index (χ0n) is 11.8. The number of aliphatic hydroxyl groups is 1. The van der Waals surface area contributed by atoms with Gasteiger partial charge in [-0.05, 0) is 31.7 Å². The van der Waals surface area contributed by atoms with Crippen LogP contribution in [0.25, 0.3) is 0 Å². The molecular weight excluding hydrogens is 268 g/mol. The number of aromatic nitrogens is 1. The number of aliphatic hydroxyl groups excluding tert-OH is 1. The Morgan fingerprint density at radius 3 is 2.60 bits per heavy atom. The molecule has 0 radical (unpaired) electrons. The molecule has 0 aliphatic rings. The lowest BCUT2D eigenvalue weighted by molar-refractivity contribution is 0.315. The minimum Gasteiger partial charge on any atom is -0.384 e. The predicted molar refractivity (Wildman–Crippen MR) is 82.4 cm³/mol. The molecule has 1 N–H and O–H groups in total. The number of aryl methyl sites for hydroxylation is 1. The summed E-state index contributed by atoms with van der Waals surface area (Å²) >= 11 is 1.69. The Morgan fingerprint density at radius 1 is 1.25 bits per heavy atom. The smallest absolute Gasteiger partial charge is 0.104 e. The van der Waals surface area contributed by atoms with Crippen molar-refractivity contribution >= 4 is 11.3 Å². The first-order chi connectivity index (χ1) is 9.67. The van der Waals surface area contributed by atoms with E-state index in [0.29, 0.717) is 0 Å². The van der Waals surface area contributed by atoms with Gasteiger partial charge in [-0.3, -0.25) is 4.90 Å². The van der Waals surface area contributed by atoms with Gasteiger partial charge in [0.25, 0.3) is 0 Å². The second kappa shape index (κ2) is 7.20. The van der Waals surface area contributed by atoms with Crippen molar-refractivity contribution in [2.45, 2.75) is 20.0 Å². The van der Waals surface area contributed by atoms with Gasteiger partial charge >= 0.3 is 0 Å². The first-order valence-electron chi connectivity index (χ1n) is 6.45. The van der Waals surface area contributed by atoms with Crippen LogP contribution in [-0.2, 0) is 13.1 Å². The average Bonchev–Trinajstić information content (AvgIpc) is 2.83. The minimum atomic E-state index is -0.0997. The van der Waals surface area contributed by atoms with Gasteiger partial charge in [0.05, 0.1) is 10.7 Å². The maximum absolute atomic E-state index is 8.66. The van der Waals surface area contributed by atoms with Crippen molar-refractivity contribution < 1.29 is 5.11 Å². The van der Waals surface area contributed by atoms with Crippen LogP contribution in [0.15, 0.2) is 29.6 Å². The highest BCUT2D eigenvalue weighted by atomic mass is 32.1. The zero-order chi connectivity index (χ0) is 14.4. The summed E-state index contributed by atoms with van der Waals surface area (Å²) in [5.74, 6) is 5.54. The fraction of sp³-hybridized carbons (Fsp3) is 0.312. The number of rotatable bonds is 4. The van der Waals surface area contributed by atoms with Crippen LogP contribution < -0.4 is 0 Å². The number of hydrogen-bond donors (Lipinski definition) is 1. The Balaban J connectivity index is 1.92. The summed E-state index contributed by atoms with van der Waals surface area (Å²) in [6.07, 6.45) is 0. The van der Waals surface area contributed by atoms with Crippen molar-refractivity contribution in [3.05, 3.63) is 51.5 Å². The Morgan fingerprint density at radius 2 is 2.00 bits per heavy atom. The van der Waals surface area contributed by atoms with E-state index in [1.165, 1.54) is 5.56 Å². The van der Waals surface area contributed by atoms with Crippen LogP contribution in [0.2, 0.25) is 0 Å². The molecule has 4 heteroatoms. The molecule has 20 heavy (non-hydrogen) atoms. The molecule has 0 spiro atoms. The van der Waals surface area contributed by atoms with Gasteiger partial charge in [0, 0.05) is 24.0 Å². The van der Waals surface area contributed by atoms with Crippen molar-refractivity contribution in [3.8, 4) is 11.8 Å². The van der Waals surface area contributed by atoms with Gasteiger partial charge in [-0.1, -0.05) is 24.0 Å². The van der Waals surface area contributed by atoms with E-state index in [1.54, 1.807) is 11.3 Å². The molecule has 0 atom stereocenters. The van der Waals surface area contributed by atoms with Crippen LogP contribution in [-0.4, -0.2) is 28.6 Å². The largest absolute Gasteiger partial charge is 0.384 e. The topological polar surface area (TPSA) is 36.4 Å². The van der Waals surface area contributed by atoms with Crippen LogP contribution in [0.1, 0.15) is 21.8 Å². The Bertz CT molecular complexity index is 607. The molecule has 0 fully saturated rings. The molecule has 1 heterocycles. The zero-order valence-corrected chi connectivity index (χ0v) is 12.6. The minimum absolute atomic E-state index is 0.0997. The van der Waals surface area contributed by atoms with Gasteiger partial charge in [-0.25, -0.2) is 4.98 Å². The van der Waals surface area contributed by atoms with E-state index < -0.39 is 0 Å². The third-order valence-electron chi connectivity index (χ3n) is 2.82. The standard InChI is InChI=1S/C16H18N2OS/c1-13-17-16(12-20-13)11-18(2)10-15-7-5-14(6-8-15)4-3-9-19/h5-8,12,19H,9-11H2,1-2H3. The third-order valence-corrected chi connectivity index (χ3v) is 3.64. The number of benzene rings is 1. The highest BCUT2D eigenvalue weighted by molar-refractivity contribution is 7.09. The number of nitrogens with zero attached hydrogens (tertiary/aromatic N) is 2. The summed E-state index contributed by atoms with van der Waals surface area (Å²) < 4.78 is 0. The highest BCUT2D eigenvalue weighted by Gasteiger charge is 2.04. The molecule has 1 aromatic heterocycles. The molecule has 2 aromatic rings. The SMILES string of the molecule is Cc1nc(CN(C)Cc2ccc(C#CCO)cc2)cs1. The number of thiazole rings is 1. The fourth-order valence-corrected chi connectivity index (χ4v) is 2.56. The molecule has 0 aliphatic heterocycles. The molecule has 3 nitrogen and oxygen atoms in total. The van der Waals surface area contributed by atoms with Crippen LogP contribution in [0.5, 0.6) is 0 Å². The summed E-state index contributed by atoms with van der Waals surface area (Å²) in [5, 5.41) is 11.9. The van der Waals surface area contributed by atoms with Crippen molar-refractivity contribution in [2.75, 3.05) is 13.7 Å². The lowest BCUT2D eigenvalue weighted by Gasteiger charge is -2.15. The van der Waals surface area contributed by atoms with Crippen LogP contribution in [0.3, 0.4) is 0 Å². The highest BCUT2D eigenvalue weighted by Crippen LogP contribution is 2.12. The molecule has 0 aliphatic carbocycles. The molecule has 0 bridgehead atoms. The first-order valence-corrected chi connectivity index (χ1v) is 7.33. The lowest BCUT2D eigenvalue weighted by Crippen LogP contribution is -2.17. The molecule has 1 aromatic carbocycles. The molecule has 0 saturated heterocycles. The van der Waals surface area contributed by atoms with Gasteiger partial charge in [0.1, 0.15) is 6.61 Å². The second-order valence-electron chi connectivity index (χ2n) is 4.69. The lowest BCUT2D eigenvalue weighted by atomic mass is 10.1. The van der Waals surface area contributed by atoms with E-state index >= 15 is 0 Å². The third kappa shape index (κ3) is 4.46. The van der Waals surface area contributed by atoms with E-state index in [9.17, 15) is 0 Å². The van der Waals surface area contributed by atoms with Crippen LogP contribution >= 0.6 is 11.3 Å². The van der Waals surface area contributed by atoms with E-state index in [0.717, 1.165) is 29.4 Å². The maximum Gasteiger partial charge on any atom is 0.104 e. The summed E-state index contributed by atoms with van der Waals surface area (Å²) in [6, 6.07) is 8.12. The van der Waals surface area contributed by atoms with E-state index in [1.807, 2.05) is 19.1 Å². The predicted octanol–water partition coefficient (Wildman–Crippen LogP) is 2.43. The van der Waals surface area contributed by atoms with Gasteiger partial charge < -0.3 is 5.11 Å². The molecule has 0 amide bonds. The van der Waals surface area contributed by atoms with E-state index in [-0.39, 0.29) is 6.61 Å². The molecular formula is C16H18N2OS. The summed E-state index contributed by atoms with van der Waals surface area (Å²) in [5.41, 5.74) is 3.30.